The van der Waals surface area contributed by atoms with Crippen molar-refractivity contribution in [1.82, 2.24) is 4.98 Å². The van der Waals surface area contributed by atoms with Crippen LogP contribution in [0.3, 0.4) is 0 Å². The van der Waals surface area contributed by atoms with Gasteiger partial charge in [-0.15, -0.1) is 0 Å². The number of pyridine rings is 1. The van der Waals surface area contributed by atoms with E-state index in [1.807, 2.05) is 6.92 Å². The van der Waals surface area contributed by atoms with Crippen LogP contribution in [0.5, 0.6) is 5.75 Å². The Hall–Kier alpha value is -2.12. The summed E-state index contributed by atoms with van der Waals surface area (Å²) in [6.07, 6.45) is 3.09. The molecule has 1 heterocycles. The van der Waals surface area contributed by atoms with E-state index in [1.165, 1.54) is 18.3 Å². The zero-order valence-corrected chi connectivity index (χ0v) is 12.3. The van der Waals surface area contributed by atoms with Crippen molar-refractivity contribution in [3.8, 4) is 5.75 Å². The number of hydrogen-bond donors (Lipinski definition) is 2. The summed E-state index contributed by atoms with van der Waals surface area (Å²) in [7, 11) is -3.66. The molecule has 0 unspecified atom stereocenters. The Bertz CT molecular complexity index is 699. The largest absolute Gasteiger partial charge is 0.491 e. The Morgan fingerprint density at radius 2 is 1.95 bits per heavy atom. The van der Waals surface area contributed by atoms with E-state index in [9.17, 15) is 8.42 Å². The third kappa shape index (κ3) is 4.17. The number of aliphatic hydroxyl groups excluding tert-OH is 1. The van der Waals surface area contributed by atoms with Gasteiger partial charge >= 0.3 is 0 Å². The zero-order valence-electron chi connectivity index (χ0n) is 11.5. The fourth-order valence-corrected chi connectivity index (χ4v) is 2.74. The highest BCUT2D eigenvalue weighted by molar-refractivity contribution is 7.92. The molecule has 0 aliphatic rings. The monoisotopic (exact) mass is 308 g/mol. The van der Waals surface area contributed by atoms with E-state index in [0.29, 0.717) is 11.4 Å². The van der Waals surface area contributed by atoms with Crippen molar-refractivity contribution >= 4 is 15.7 Å². The third-order valence-electron chi connectivity index (χ3n) is 2.62. The molecule has 0 aliphatic heterocycles. The van der Waals surface area contributed by atoms with E-state index in [4.69, 9.17) is 9.84 Å². The summed E-state index contributed by atoms with van der Waals surface area (Å²) in [6.45, 7) is 1.90. The number of aryl methyl sites for hydroxylation is 1. The minimum Gasteiger partial charge on any atom is -0.491 e. The summed E-state index contributed by atoms with van der Waals surface area (Å²) in [5, 5.41) is 8.66. The van der Waals surface area contributed by atoms with Crippen LogP contribution in [0.25, 0.3) is 0 Å². The molecular formula is C14H16N2O4S. The molecule has 2 aromatic rings. The maximum Gasteiger partial charge on any atom is 0.261 e. The molecule has 2 rings (SSSR count). The average Bonchev–Trinajstić information content (AvgIpc) is 2.45. The van der Waals surface area contributed by atoms with Gasteiger partial charge in [0.2, 0.25) is 0 Å². The van der Waals surface area contributed by atoms with Gasteiger partial charge in [0.15, 0.2) is 0 Å². The molecule has 0 saturated carbocycles. The molecular weight excluding hydrogens is 292 g/mol. The van der Waals surface area contributed by atoms with E-state index in [-0.39, 0.29) is 18.1 Å². The zero-order chi connectivity index (χ0) is 15.3. The number of ether oxygens (including phenoxy) is 1. The fraction of sp³-hybridized carbons (Fsp3) is 0.214. The molecule has 0 fully saturated rings. The van der Waals surface area contributed by atoms with Crippen LogP contribution in [-0.4, -0.2) is 31.7 Å². The normalized spacial score (nSPS) is 11.1. The minimum absolute atomic E-state index is 0.0953. The topological polar surface area (TPSA) is 88.5 Å². The quantitative estimate of drug-likeness (QED) is 0.845. The number of benzene rings is 1. The Morgan fingerprint density at radius 3 is 2.57 bits per heavy atom. The van der Waals surface area contributed by atoms with Crippen molar-refractivity contribution in [3.63, 3.8) is 0 Å². The molecule has 1 aromatic heterocycles. The molecule has 0 saturated heterocycles. The van der Waals surface area contributed by atoms with Gasteiger partial charge in [-0.3, -0.25) is 9.71 Å². The summed E-state index contributed by atoms with van der Waals surface area (Å²) in [4.78, 5) is 4.06. The molecule has 7 heteroatoms. The van der Waals surface area contributed by atoms with Gasteiger partial charge in [-0.2, -0.15) is 0 Å². The van der Waals surface area contributed by atoms with Crippen LogP contribution in [-0.2, 0) is 10.0 Å². The predicted molar refractivity (Wildman–Crippen MR) is 78.8 cm³/mol. The number of nitrogens with one attached hydrogen (secondary N) is 1. The summed E-state index contributed by atoms with van der Waals surface area (Å²) in [5.41, 5.74) is 1.28. The van der Waals surface area contributed by atoms with Gasteiger partial charge in [-0.1, -0.05) is 0 Å². The molecule has 0 atom stereocenters. The number of sulfonamides is 1. The predicted octanol–water partition coefficient (Wildman–Crippen LogP) is 1.56. The van der Waals surface area contributed by atoms with Gasteiger partial charge in [0.1, 0.15) is 12.4 Å². The lowest BCUT2D eigenvalue weighted by molar-refractivity contribution is 0.201. The van der Waals surface area contributed by atoms with Gasteiger partial charge in [0.05, 0.1) is 23.4 Å². The molecule has 0 spiro atoms. The standard InChI is InChI=1S/C14H16N2O4S/c1-11-8-12(10-15-9-11)16-21(18,19)14-4-2-13(3-5-14)20-7-6-17/h2-5,8-10,16-17H,6-7H2,1H3. The van der Waals surface area contributed by atoms with Crippen LogP contribution in [0.1, 0.15) is 5.56 Å². The average molecular weight is 308 g/mol. The number of anilines is 1. The molecule has 112 valence electrons. The highest BCUT2D eigenvalue weighted by atomic mass is 32.2. The van der Waals surface area contributed by atoms with Crippen molar-refractivity contribution in [2.24, 2.45) is 0 Å². The summed E-state index contributed by atoms with van der Waals surface area (Å²) in [5.74, 6) is 0.500. The number of nitrogens with zero attached hydrogens (tertiary/aromatic N) is 1. The number of aromatic nitrogens is 1. The first-order chi connectivity index (χ1) is 10.0. The maximum absolute atomic E-state index is 12.2. The minimum atomic E-state index is -3.66. The first kappa shape index (κ1) is 15.3. The van der Waals surface area contributed by atoms with Crippen LogP contribution in [0.2, 0.25) is 0 Å². The first-order valence-corrected chi connectivity index (χ1v) is 7.78. The molecule has 21 heavy (non-hydrogen) atoms. The molecule has 6 nitrogen and oxygen atoms in total. The van der Waals surface area contributed by atoms with Crippen LogP contribution >= 0.6 is 0 Å². The maximum atomic E-state index is 12.2. The van der Waals surface area contributed by atoms with E-state index >= 15 is 0 Å². The van der Waals surface area contributed by atoms with Crippen molar-refractivity contribution < 1.29 is 18.3 Å². The Morgan fingerprint density at radius 1 is 1.24 bits per heavy atom. The molecule has 2 N–H and O–H groups in total. The second kappa shape index (κ2) is 6.55. The highest BCUT2D eigenvalue weighted by Gasteiger charge is 2.14. The van der Waals surface area contributed by atoms with Gasteiger partial charge in [-0.05, 0) is 42.8 Å². The van der Waals surface area contributed by atoms with Crippen LogP contribution in [0.15, 0.2) is 47.6 Å². The Kier molecular flexibility index (Phi) is 4.77. The lowest BCUT2D eigenvalue weighted by Gasteiger charge is -2.09. The fourth-order valence-electron chi connectivity index (χ4n) is 1.70. The summed E-state index contributed by atoms with van der Waals surface area (Å²) in [6, 6.07) is 7.66. The highest BCUT2D eigenvalue weighted by Crippen LogP contribution is 2.19. The van der Waals surface area contributed by atoms with Crippen molar-refractivity contribution in [2.45, 2.75) is 11.8 Å². The Labute approximate surface area is 123 Å². The van der Waals surface area contributed by atoms with Gasteiger partial charge in [0, 0.05) is 6.20 Å². The summed E-state index contributed by atoms with van der Waals surface area (Å²) >= 11 is 0. The van der Waals surface area contributed by atoms with E-state index < -0.39 is 10.0 Å². The van der Waals surface area contributed by atoms with Crippen LogP contribution < -0.4 is 9.46 Å². The number of aliphatic hydroxyl groups is 1. The Balaban J connectivity index is 2.15. The van der Waals surface area contributed by atoms with Crippen molar-refractivity contribution in [1.29, 1.82) is 0 Å². The molecule has 0 bridgehead atoms. The smallest absolute Gasteiger partial charge is 0.261 e. The van der Waals surface area contributed by atoms with Gasteiger partial charge in [0.25, 0.3) is 10.0 Å². The SMILES string of the molecule is Cc1cncc(NS(=O)(=O)c2ccc(OCCO)cc2)c1. The molecule has 0 aliphatic carbocycles. The lowest BCUT2D eigenvalue weighted by atomic mass is 10.3. The van der Waals surface area contributed by atoms with Gasteiger partial charge < -0.3 is 9.84 Å². The van der Waals surface area contributed by atoms with E-state index in [2.05, 4.69) is 9.71 Å². The summed E-state index contributed by atoms with van der Waals surface area (Å²) < 4.78 is 32.1. The van der Waals surface area contributed by atoms with Crippen LogP contribution in [0.4, 0.5) is 5.69 Å². The van der Waals surface area contributed by atoms with E-state index in [1.54, 1.807) is 24.4 Å². The third-order valence-corrected chi connectivity index (χ3v) is 4.02. The molecule has 1 aromatic carbocycles. The second-order valence-corrected chi connectivity index (χ2v) is 6.08. The second-order valence-electron chi connectivity index (χ2n) is 4.40. The number of hydrogen-bond acceptors (Lipinski definition) is 5. The molecule has 0 amide bonds. The van der Waals surface area contributed by atoms with Gasteiger partial charge in [-0.25, -0.2) is 8.42 Å². The number of rotatable bonds is 6. The van der Waals surface area contributed by atoms with E-state index in [0.717, 1.165) is 5.56 Å². The van der Waals surface area contributed by atoms with Crippen molar-refractivity contribution in [3.05, 3.63) is 48.3 Å². The molecule has 0 radical (unpaired) electrons. The first-order valence-electron chi connectivity index (χ1n) is 6.29. The van der Waals surface area contributed by atoms with Crippen molar-refractivity contribution in [2.75, 3.05) is 17.9 Å². The van der Waals surface area contributed by atoms with Crippen LogP contribution in [0, 0.1) is 6.92 Å². The lowest BCUT2D eigenvalue weighted by Crippen LogP contribution is -2.13.